The summed E-state index contributed by atoms with van der Waals surface area (Å²) in [5.74, 6) is 0.439. The Morgan fingerprint density at radius 1 is 1.47 bits per heavy atom. The number of aromatic nitrogens is 2. The minimum atomic E-state index is 0.374. The van der Waals surface area contributed by atoms with E-state index in [1.54, 1.807) is 6.07 Å². The number of phenols is 1. The van der Waals surface area contributed by atoms with Gasteiger partial charge in [0.25, 0.3) is 0 Å². The van der Waals surface area contributed by atoms with Crippen LogP contribution in [0.15, 0.2) is 30.6 Å². The van der Waals surface area contributed by atoms with Gasteiger partial charge in [0.1, 0.15) is 5.75 Å². The van der Waals surface area contributed by atoms with Gasteiger partial charge in [-0.2, -0.15) is 5.10 Å². The lowest BCUT2D eigenvalue weighted by Gasteiger charge is -2.13. The number of nitrogens with zero attached hydrogens (tertiary/aromatic N) is 2. The molecule has 19 heavy (non-hydrogen) atoms. The molecule has 2 N–H and O–H groups in total. The molecule has 1 atom stereocenters. The Kier molecular flexibility index (Phi) is 3.25. The lowest BCUT2D eigenvalue weighted by atomic mass is 10.1. The van der Waals surface area contributed by atoms with E-state index in [9.17, 15) is 5.11 Å². The van der Waals surface area contributed by atoms with Gasteiger partial charge in [-0.15, -0.1) is 0 Å². The maximum absolute atomic E-state index is 9.82. The van der Waals surface area contributed by atoms with Gasteiger partial charge >= 0.3 is 0 Å². The van der Waals surface area contributed by atoms with Gasteiger partial charge in [0.15, 0.2) is 0 Å². The molecule has 1 unspecified atom stereocenters. The number of aromatic hydroxyl groups is 1. The highest BCUT2D eigenvalue weighted by molar-refractivity contribution is 5.44. The van der Waals surface area contributed by atoms with E-state index in [1.165, 1.54) is 11.1 Å². The summed E-state index contributed by atoms with van der Waals surface area (Å²) in [6.45, 7) is 0.936. The molecule has 1 aliphatic carbocycles. The average Bonchev–Trinajstić information content (AvgIpc) is 2.98. The van der Waals surface area contributed by atoms with Crippen molar-refractivity contribution in [1.29, 1.82) is 0 Å². The van der Waals surface area contributed by atoms with Gasteiger partial charge in [0, 0.05) is 19.3 Å². The van der Waals surface area contributed by atoms with Crippen LogP contribution in [0.2, 0.25) is 0 Å². The normalized spacial score (nSPS) is 17.6. The zero-order valence-electron chi connectivity index (χ0n) is 11.1. The Morgan fingerprint density at radius 2 is 2.37 bits per heavy atom. The molecule has 1 heterocycles. The van der Waals surface area contributed by atoms with Crippen LogP contribution < -0.4 is 5.32 Å². The first-order valence-electron chi connectivity index (χ1n) is 6.75. The lowest BCUT2D eigenvalue weighted by Crippen LogP contribution is -2.21. The SMILES string of the molecule is Cn1cc(CCNC2CCc3c(O)cccc32)cn1. The van der Waals surface area contributed by atoms with E-state index in [-0.39, 0.29) is 0 Å². The molecule has 1 aliphatic rings. The van der Waals surface area contributed by atoms with E-state index in [0.717, 1.165) is 31.4 Å². The molecule has 0 saturated heterocycles. The number of hydrogen-bond donors (Lipinski definition) is 2. The van der Waals surface area contributed by atoms with Gasteiger partial charge in [-0.25, -0.2) is 0 Å². The van der Waals surface area contributed by atoms with Gasteiger partial charge in [-0.3, -0.25) is 4.68 Å². The highest BCUT2D eigenvalue weighted by Gasteiger charge is 2.23. The van der Waals surface area contributed by atoms with Gasteiger partial charge in [-0.1, -0.05) is 12.1 Å². The minimum Gasteiger partial charge on any atom is -0.508 e. The van der Waals surface area contributed by atoms with E-state index < -0.39 is 0 Å². The summed E-state index contributed by atoms with van der Waals surface area (Å²) in [6.07, 6.45) is 6.98. The van der Waals surface area contributed by atoms with Crippen LogP contribution in [-0.4, -0.2) is 21.4 Å². The van der Waals surface area contributed by atoms with Crippen LogP contribution in [0, 0.1) is 0 Å². The monoisotopic (exact) mass is 257 g/mol. The quantitative estimate of drug-likeness (QED) is 0.880. The smallest absolute Gasteiger partial charge is 0.119 e. The predicted molar refractivity (Wildman–Crippen MR) is 74.1 cm³/mol. The first-order chi connectivity index (χ1) is 9.24. The summed E-state index contributed by atoms with van der Waals surface area (Å²) >= 11 is 0. The van der Waals surface area contributed by atoms with Gasteiger partial charge in [0.05, 0.1) is 6.20 Å². The third-order valence-electron chi connectivity index (χ3n) is 3.81. The van der Waals surface area contributed by atoms with Crippen molar-refractivity contribution in [3.8, 4) is 5.75 Å². The molecule has 1 aromatic carbocycles. The Bertz CT molecular complexity index is 577. The fourth-order valence-corrected chi connectivity index (χ4v) is 2.84. The van der Waals surface area contributed by atoms with Crippen LogP contribution in [0.25, 0.3) is 0 Å². The molecule has 0 spiro atoms. The first-order valence-corrected chi connectivity index (χ1v) is 6.75. The number of fused-ring (bicyclic) bond motifs is 1. The molecule has 1 aromatic heterocycles. The van der Waals surface area contributed by atoms with Crippen LogP contribution in [0.5, 0.6) is 5.75 Å². The number of benzene rings is 1. The molecule has 100 valence electrons. The summed E-state index contributed by atoms with van der Waals surface area (Å²) in [4.78, 5) is 0. The van der Waals surface area contributed by atoms with Crippen LogP contribution in [0.4, 0.5) is 0 Å². The molecule has 2 aromatic rings. The van der Waals surface area contributed by atoms with Crippen molar-refractivity contribution in [2.45, 2.75) is 25.3 Å². The van der Waals surface area contributed by atoms with E-state index in [2.05, 4.69) is 22.7 Å². The fourth-order valence-electron chi connectivity index (χ4n) is 2.84. The fraction of sp³-hybridized carbons (Fsp3) is 0.400. The van der Waals surface area contributed by atoms with Crippen molar-refractivity contribution in [2.75, 3.05) is 6.54 Å². The maximum atomic E-state index is 9.82. The highest BCUT2D eigenvalue weighted by Crippen LogP contribution is 2.36. The molecule has 0 fully saturated rings. The van der Waals surface area contributed by atoms with Crippen molar-refractivity contribution in [3.63, 3.8) is 0 Å². The van der Waals surface area contributed by atoms with Crippen molar-refractivity contribution in [2.24, 2.45) is 7.05 Å². The second kappa shape index (κ2) is 5.05. The average molecular weight is 257 g/mol. The lowest BCUT2D eigenvalue weighted by molar-refractivity contribution is 0.469. The Balaban J connectivity index is 1.59. The minimum absolute atomic E-state index is 0.374. The number of aryl methyl sites for hydroxylation is 1. The van der Waals surface area contributed by atoms with Gasteiger partial charge < -0.3 is 10.4 Å². The van der Waals surface area contributed by atoms with Gasteiger partial charge in [-0.05, 0) is 48.6 Å². The van der Waals surface area contributed by atoms with Crippen LogP contribution >= 0.6 is 0 Å². The second-order valence-corrected chi connectivity index (χ2v) is 5.16. The zero-order chi connectivity index (χ0) is 13.2. The summed E-state index contributed by atoms with van der Waals surface area (Å²) in [6, 6.07) is 6.19. The number of rotatable bonds is 4. The predicted octanol–water partition coefficient (Wildman–Crippen LogP) is 1.95. The van der Waals surface area contributed by atoms with Crippen LogP contribution in [0.3, 0.4) is 0 Å². The van der Waals surface area contributed by atoms with Gasteiger partial charge in [0.2, 0.25) is 0 Å². The summed E-state index contributed by atoms with van der Waals surface area (Å²) in [5, 5.41) is 17.6. The molecule has 3 rings (SSSR count). The van der Waals surface area contributed by atoms with E-state index >= 15 is 0 Å². The summed E-state index contributed by atoms with van der Waals surface area (Å²) < 4.78 is 1.83. The molecule has 0 radical (unpaired) electrons. The molecule has 4 nitrogen and oxygen atoms in total. The molecule has 0 saturated carbocycles. The van der Waals surface area contributed by atoms with E-state index in [0.29, 0.717) is 11.8 Å². The number of phenolic OH excluding ortho intramolecular Hbond substituents is 1. The Morgan fingerprint density at radius 3 is 3.16 bits per heavy atom. The van der Waals surface area contributed by atoms with Crippen molar-refractivity contribution in [3.05, 3.63) is 47.3 Å². The van der Waals surface area contributed by atoms with E-state index in [4.69, 9.17) is 0 Å². The topological polar surface area (TPSA) is 50.1 Å². The zero-order valence-corrected chi connectivity index (χ0v) is 11.1. The third-order valence-corrected chi connectivity index (χ3v) is 3.81. The summed E-state index contributed by atoms with van der Waals surface area (Å²) in [5.41, 5.74) is 3.62. The van der Waals surface area contributed by atoms with Crippen LogP contribution in [0.1, 0.15) is 29.2 Å². The first kappa shape index (κ1) is 12.2. The van der Waals surface area contributed by atoms with E-state index in [1.807, 2.05) is 24.0 Å². The third kappa shape index (κ3) is 2.49. The van der Waals surface area contributed by atoms with Crippen molar-refractivity contribution >= 4 is 0 Å². The largest absolute Gasteiger partial charge is 0.508 e. The Labute approximate surface area is 113 Å². The van der Waals surface area contributed by atoms with Crippen LogP contribution in [-0.2, 0) is 19.9 Å². The molecule has 0 amide bonds. The van der Waals surface area contributed by atoms with Crippen molar-refractivity contribution in [1.82, 2.24) is 15.1 Å². The molecular formula is C15H19N3O. The van der Waals surface area contributed by atoms with Crippen molar-refractivity contribution < 1.29 is 5.11 Å². The molecule has 0 aliphatic heterocycles. The number of nitrogens with one attached hydrogen (secondary N) is 1. The second-order valence-electron chi connectivity index (χ2n) is 5.16. The number of hydrogen-bond acceptors (Lipinski definition) is 3. The standard InChI is InChI=1S/C15H19N3O/c1-18-10-11(9-17-18)7-8-16-14-6-5-13-12(14)3-2-4-15(13)19/h2-4,9-10,14,16,19H,5-8H2,1H3. The molecular weight excluding hydrogens is 238 g/mol. The summed E-state index contributed by atoms with van der Waals surface area (Å²) in [7, 11) is 1.94. The highest BCUT2D eigenvalue weighted by atomic mass is 16.3. The molecule has 0 bridgehead atoms. The Hall–Kier alpha value is -1.81. The maximum Gasteiger partial charge on any atom is 0.119 e. The molecule has 4 heteroatoms.